The van der Waals surface area contributed by atoms with Crippen molar-refractivity contribution in [3.63, 3.8) is 0 Å². The first-order valence-electron chi connectivity index (χ1n) is 6.64. The van der Waals surface area contributed by atoms with Crippen LogP contribution in [-0.4, -0.2) is 36.0 Å². The number of halogens is 2. The van der Waals surface area contributed by atoms with E-state index in [1.54, 1.807) is 6.07 Å². The quantitative estimate of drug-likeness (QED) is 0.766. The summed E-state index contributed by atoms with van der Waals surface area (Å²) in [7, 11) is 0. The number of carbonyl (C=O) groups excluding carboxylic acids is 1. The second kappa shape index (κ2) is 5.36. The summed E-state index contributed by atoms with van der Waals surface area (Å²) in [5.74, 6) is -0.267. The number of likely N-dealkylation sites (tertiary alicyclic amines) is 1. The van der Waals surface area contributed by atoms with Crippen LogP contribution >= 0.6 is 22.6 Å². The fraction of sp³-hybridized carbons (Fsp3) is 0.500. The van der Waals surface area contributed by atoms with E-state index in [9.17, 15) is 9.18 Å². The smallest absolute Gasteiger partial charge is 0.254 e. The first-order valence-corrected chi connectivity index (χ1v) is 7.72. The Hall–Kier alpha value is -0.690. The maximum atomic E-state index is 13.1. The van der Waals surface area contributed by atoms with Gasteiger partial charge in [0.1, 0.15) is 5.82 Å². The average molecular weight is 374 g/mol. The molecule has 1 N–H and O–H groups in total. The summed E-state index contributed by atoms with van der Waals surface area (Å²) < 4.78 is 13.8. The summed E-state index contributed by atoms with van der Waals surface area (Å²) >= 11 is 2.03. The zero-order valence-electron chi connectivity index (χ0n) is 10.5. The molecule has 0 spiro atoms. The van der Waals surface area contributed by atoms with Gasteiger partial charge in [0.05, 0.1) is 5.56 Å². The van der Waals surface area contributed by atoms with E-state index in [1.165, 1.54) is 18.6 Å². The number of fused-ring (bicyclic) bond motifs is 2. The Bertz CT molecular complexity index is 508. The van der Waals surface area contributed by atoms with Gasteiger partial charge in [-0.3, -0.25) is 4.79 Å². The minimum atomic E-state index is -0.294. The first-order chi connectivity index (χ1) is 9.13. The molecule has 0 saturated carbocycles. The molecule has 2 unspecified atom stereocenters. The van der Waals surface area contributed by atoms with Crippen LogP contribution in [0.3, 0.4) is 0 Å². The third kappa shape index (κ3) is 2.76. The molecule has 3 rings (SSSR count). The molecule has 102 valence electrons. The SMILES string of the molecule is O=C(c1ccc(F)cc1I)N1CCC2CCC(C1)N2. The van der Waals surface area contributed by atoms with Gasteiger partial charge in [-0.2, -0.15) is 0 Å². The Kier molecular flexibility index (Phi) is 3.75. The lowest BCUT2D eigenvalue weighted by Gasteiger charge is -2.24. The van der Waals surface area contributed by atoms with Crippen molar-refractivity contribution in [3.05, 3.63) is 33.1 Å². The topological polar surface area (TPSA) is 32.3 Å². The van der Waals surface area contributed by atoms with Crippen LogP contribution in [0.25, 0.3) is 0 Å². The molecule has 2 aliphatic heterocycles. The number of nitrogens with zero attached hydrogens (tertiary/aromatic N) is 1. The molecule has 0 radical (unpaired) electrons. The van der Waals surface area contributed by atoms with Crippen LogP contribution in [-0.2, 0) is 0 Å². The fourth-order valence-electron chi connectivity index (χ4n) is 2.96. The molecular formula is C14H16FIN2O. The van der Waals surface area contributed by atoms with E-state index in [4.69, 9.17) is 0 Å². The van der Waals surface area contributed by atoms with Gasteiger partial charge in [-0.05, 0) is 60.1 Å². The van der Waals surface area contributed by atoms with Gasteiger partial charge in [0.2, 0.25) is 0 Å². The van der Waals surface area contributed by atoms with E-state index >= 15 is 0 Å². The second-order valence-electron chi connectivity index (χ2n) is 5.30. The number of benzene rings is 1. The van der Waals surface area contributed by atoms with Crippen molar-refractivity contribution in [2.45, 2.75) is 31.3 Å². The zero-order valence-corrected chi connectivity index (χ0v) is 12.7. The molecular weight excluding hydrogens is 358 g/mol. The van der Waals surface area contributed by atoms with Crippen LogP contribution in [0.5, 0.6) is 0 Å². The Morgan fingerprint density at radius 1 is 1.32 bits per heavy atom. The lowest BCUT2D eigenvalue weighted by molar-refractivity contribution is 0.0747. The molecule has 19 heavy (non-hydrogen) atoms. The Morgan fingerprint density at radius 2 is 2.11 bits per heavy atom. The lowest BCUT2D eigenvalue weighted by Crippen LogP contribution is -2.39. The normalized spacial score (nSPS) is 26.3. The third-order valence-corrected chi connectivity index (χ3v) is 4.86. The van der Waals surface area contributed by atoms with Crippen molar-refractivity contribution in [3.8, 4) is 0 Å². The average Bonchev–Trinajstić information content (AvgIpc) is 2.68. The van der Waals surface area contributed by atoms with Crippen molar-refractivity contribution in [1.29, 1.82) is 0 Å². The molecule has 1 aromatic rings. The summed E-state index contributed by atoms with van der Waals surface area (Å²) in [5.41, 5.74) is 0.611. The second-order valence-corrected chi connectivity index (χ2v) is 6.46. The standard InChI is InChI=1S/C14H16FIN2O/c15-9-1-4-12(13(16)7-9)14(19)18-6-5-10-2-3-11(8-18)17-10/h1,4,7,10-11,17H,2-3,5-6,8H2. The number of hydrogen-bond acceptors (Lipinski definition) is 2. The predicted octanol–water partition coefficient (Wildman–Crippen LogP) is 2.40. The summed E-state index contributed by atoms with van der Waals surface area (Å²) in [5, 5.41) is 3.56. The molecule has 0 aliphatic carbocycles. The number of rotatable bonds is 1. The highest BCUT2D eigenvalue weighted by Gasteiger charge is 2.31. The van der Waals surface area contributed by atoms with Gasteiger partial charge in [-0.25, -0.2) is 4.39 Å². The highest BCUT2D eigenvalue weighted by molar-refractivity contribution is 14.1. The number of amides is 1. The third-order valence-electron chi connectivity index (χ3n) is 3.97. The van der Waals surface area contributed by atoms with Gasteiger partial charge < -0.3 is 10.2 Å². The monoisotopic (exact) mass is 374 g/mol. The Balaban J connectivity index is 1.79. The molecule has 2 bridgehead atoms. The molecule has 3 nitrogen and oxygen atoms in total. The summed E-state index contributed by atoms with van der Waals surface area (Å²) in [4.78, 5) is 14.4. The van der Waals surface area contributed by atoms with Crippen LogP contribution in [0.1, 0.15) is 29.6 Å². The van der Waals surface area contributed by atoms with Crippen molar-refractivity contribution in [2.24, 2.45) is 0 Å². The number of nitrogens with one attached hydrogen (secondary N) is 1. The predicted molar refractivity (Wildman–Crippen MR) is 79.6 cm³/mol. The minimum Gasteiger partial charge on any atom is -0.337 e. The van der Waals surface area contributed by atoms with Crippen LogP contribution in [0.2, 0.25) is 0 Å². The highest BCUT2D eigenvalue weighted by atomic mass is 127. The highest BCUT2D eigenvalue weighted by Crippen LogP contribution is 2.23. The van der Waals surface area contributed by atoms with Gasteiger partial charge in [-0.1, -0.05) is 0 Å². The Morgan fingerprint density at radius 3 is 2.89 bits per heavy atom. The van der Waals surface area contributed by atoms with Crippen LogP contribution < -0.4 is 5.32 Å². The fourth-order valence-corrected chi connectivity index (χ4v) is 3.67. The van der Waals surface area contributed by atoms with E-state index in [1.807, 2.05) is 27.5 Å². The summed E-state index contributed by atoms with van der Waals surface area (Å²) in [6.07, 6.45) is 3.38. The van der Waals surface area contributed by atoms with Gasteiger partial charge in [0, 0.05) is 28.7 Å². The lowest BCUT2D eigenvalue weighted by atomic mass is 10.1. The van der Waals surface area contributed by atoms with Crippen molar-refractivity contribution < 1.29 is 9.18 Å². The summed E-state index contributed by atoms with van der Waals surface area (Å²) in [6, 6.07) is 5.36. The van der Waals surface area contributed by atoms with E-state index < -0.39 is 0 Å². The van der Waals surface area contributed by atoms with Crippen molar-refractivity contribution in [1.82, 2.24) is 10.2 Å². The molecule has 1 aromatic carbocycles. The molecule has 2 atom stereocenters. The van der Waals surface area contributed by atoms with Gasteiger partial charge in [0.15, 0.2) is 0 Å². The number of hydrogen-bond donors (Lipinski definition) is 1. The van der Waals surface area contributed by atoms with Crippen molar-refractivity contribution >= 4 is 28.5 Å². The van der Waals surface area contributed by atoms with E-state index in [0.717, 1.165) is 25.9 Å². The van der Waals surface area contributed by atoms with Gasteiger partial charge in [0.25, 0.3) is 5.91 Å². The molecule has 0 aromatic heterocycles. The van der Waals surface area contributed by atoms with Crippen LogP contribution in [0.4, 0.5) is 4.39 Å². The molecule has 2 heterocycles. The van der Waals surface area contributed by atoms with E-state index in [-0.39, 0.29) is 11.7 Å². The molecule has 5 heteroatoms. The maximum Gasteiger partial charge on any atom is 0.254 e. The van der Waals surface area contributed by atoms with Crippen molar-refractivity contribution in [2.75, 3.05) is 13.1 Å². The molecule has 1 amide bonds. The van der Waals surface area contributed by atoms with E-state index in [2.05, 4.69) is 5.32 Å². The first kappa shape index (κ1) is 13.3. The van der Waals surface area contributed by atoms with Crippen LogP contribution in [0, 0.1) is 9.39 Å². The van der Waals surface area contributed by atoms with Gasteiger partial charge >= 0.3 is 0 Å². The largest absolute Gasteiger partial charge is 0.337 e. The van der Waals surface area contributed by atoms with Crippen LogP contribution in [0.15, 0.2) is 18.2 Å². The van der Waals surface area contributed by atoms with Gasteiger partial charge in [-0.15, -0.1) is 0 Å². The molecule has 2 aliphatic rings. The minimum absolute atomic E-state index is 0.0266. The summed E-state index contributed by atoms with van der Waals surface area (Å²) in [6.45, 7) is 1.56. The number of carbonyl (C=O) groups is 1. The Labute approximate surface area is 125 Å². The zero-order chi connectivity index (χ0) is 13.4. The maximum absolute atomic E-state index is 13.1. The van der Waals surface area contributed by atoms with E-state index in [0.29, 0.717) is 21.2 Å². The molecule has 2 saturated heterocycles. The molecule has 2 fully saturated rings.